The van der Waals surface area contributed by atoms with E-state index >= 15 is 8.78 Å². The summed E-state index contributed by atoms with van der Waals surface area (Å²) < 4.78 is 36.6. The Morgan fingerprint density at radius 1 is 0.738 bits per heavy atom. The summed E-state index contributed by atoms with van der Waals surface area (Å²) in [6.07, 6.45) is 3.26. The van der Waals surface area contributed by atoms with Crippen molar-refractivity contribution >= 4 is 46.6 Å². The van der Waals surface area contributed by atoms with Crippen LogP contribution in [0.3, 0.4) is 0 Å². The van der Waals surface area contributed by atoms with Crippen molar-refractivity contribution in [2.24, 2.45) is 17.0 Å². The van der Waals surface area contributed by atoms with Crippen LogP contribution in [-0.4, -0.2) is 80.4 Å². The van der Waals surface area contributed by atoms with Gasteiger partial charge in [-0.15, -0.1) is 0 Å². The van der Waals surface area contributed by atoms with E-state index in [4.69, 9.17) is 33.2 Å². The van der Waals surface area contributed by atoms with Gasteiger partial charge in [0.25, 0.3) is 0 Å². The molecule has 3 aliphatic rings. The predicted octanol–water partition coefficient (Wildman–Crippen LogP) is 7.74. The minimum atomic E-state index is -1.21. The maximum atomic E-state index is 16.4. The number of halogens is 4. The molecule has 3 aromatic heterocycles. The number of aryl methyl sites for hydroxylation is 1. The first-order valence-electron chi connectivity index (χ1n) is 19.1. The van der Waals surface area contributed by atoms with E-state index in [9.17, 15) is 19.8 Å². The Morgan fingerprint density at radius 3 is 1.95 bits per heavy atom. The van der Waals surface area contributed by atoms with E-state index in [0.29, 0.717) is 85.7 Å². The fraction of sp³-hybridized carbons (Fsp3) is 0.159. The van der Waals surface area contributed by atoms with Gasteiger partial charge in [0.05, 0.1) is 53.5 Å². The molecule has 61 heavy (non-hydrogen) atoms. The first-order chi connectivity index (χ1) is 29.4. The van der Waals surface area contributed by atoms with Crippen molar-refractivity contribution in [1.29, 1.82) is 0 Å². The lowest BCUT2D eigenvalue weighted by Gasteiger charge is -2.40. The molecule has 0 aliphatic carbocycles. The van der Waals surface area contributed by atoms with E-state index in [1.54, 1.807) is 93.9 Å². The third-order valence-corrected chi connectivity index (χ3v) is 11.7. The van der Waals surface area contributed by atoms with Gasteiger partial charge >= 0.3 is 11.9 Å². The lowest BCUT2D eigenvalue weighted by molar-refractivity contribution is 0.0677. The molecule has 0 spiro atoms. The van der Waals surface area contributed by atoms with Gasteiger partial charge in [0, 0.05) is 76.7 Å². The molecular weight excluding hydrogens is 827 g/mol. The summed E-state index contributed by atoms with van der Waals surface area (Å²) in [7, 11) is 1.73. The van der Waals surface area contributed by atoms with Crippen LogP contribution in [0.25, 0.3) is 22.6 Å². The van der Waals surface area contributed by atoms with Gasteiger partial charge in [-0.1, -0.05) is 41.4 Å². The van der Waals surface area contributed by atoms with Gasteiger partial charge in [-0.05, 0) is 66.2 Å². The number of fused-ring (bicyclic) bond motifs is 6. The van der Waals surface area contributed by atoms with Crippen molar-refractivity contribution in [2.45, 2.75) is 25.6 Å². The van der Waals surface area contributed by atoms with Gasteiger partial charge in [-0.2, -0.15) is 5.10 Å². The van der Waals surface area contributed by atoms with E-state index < -0.39 is 23.6 Å². The molecule has 0 amide bonds. The molecule has 0 radical (unpaired) electrons. The lowest BCUT2D eigenvalue weighted by atomic mass is 9.89. The Balaban J connectivity index is 0.939. The first-order valence-corrected chi connectivity index (χ1v) is 19.8. The second-order valence-corrected chi connectivity index (χ2v) is 15.9. The minimum absolute atomic E-state index is 0.00432. The first kappa shape index (κ1) is 38.4. The molecule has 13 nitrogen and oxygen atoms in total. The van der Waals surface area contributed by atoms with E-state index in [-0.39, 0.29) is 48.1 Å². The molecular formula is C44H31Cl2F2N9O4. The molecule has 1 saturated heterocycles. The zero-order valence-electron chi connectivity index (χ0n) is 32.0. The van der Waals surface area contributed by atoms with Crippen molar-refractivity contribution in [1.82, 2.24) is 33.8 Å². The largest absolute Gasteiger partial charge is 0.476 e. The summed E-state index contributed by atoms with van der Waals surface area (Å²) >= 11 is 13.0. The fourth-order valence-corrected chi connectivity index (χ4v) is 8.82. The number of aliphatic imine (C=N–C) groups is 2. The molecule has 4 aromatic carbocycles. The number of imidazole rings is 2. The van der Waals surface area contributed by atoms with Crippen molar-refractivity contribution in [3.05, 3.63) is 169 Å². The summed E-state index contributed by atoms with van der Waals surface area (Å²) in [5, 5.41) is 25.4. The van der Waals surface area contributed by atoms with Gasteiger partial charge in [-0.3, -0.25) is 28.7 Å². The van der Waals surface area contributed by atoms with E-state index in [2.05, 4.69) is 20.0 Å². The predicted molar refractivity (Wildman–Crippen MR) is 223 cm³/mol. The molecule has 3 aliphatic heterocycles. The third-order valence-electron chi connectivity index (χ3n) is 11.2. The highest BCUT2D eigenvalue weighted by Gasteiger charge is 2.35. The van der Waals surface area contributed by atoms with Crippen LogP contribution in [0.5, 0.6) is 0 Å². The normalized spacial score (nSPS) is 14.8. The van der Waals surface area contributed by atoms with Crippen LogP contribution < -0.4 is 0 Å². The summed E-state index contributed by atoms with van der Waals surface area (Å²) in [6, 6.07) is 21.6. The van der Waals surface area contributed by atoms with Crippen LogP contribution in [0, 0.1) is 11.6 Å². The third kappa shape index (κ3) is 6.52. The van der Waals surface area contributed by atoms with Crippen molar-refractivity contribution in [2.75, 3.05) is 13.1 Å². The fourth-order valence-electron chi connectivity index (χ4n) is 8.47. The molecule has 7 aromatic rings. The number of carboxylic acids is 2. The van der Waals surface area contributed by atoms with Crippen LogP contribution in [0.2, 0.25) is 10.0 Å². The topological polar surface area (TPSA) is 156 Å². The minimum Gasteiger partial charge on any atom is -0.476 e. The van der Waals surface area contributed by atoms with Gasteiger partial charge in [0.2, 0.25) is 0 Å². The van der Waals surface area contributed by atoms with Crippen molar-refractivity contribution in [3.63, 3.8) is 0 Å². The molecule has 6 heterocycles. The van der Waals surface area contributed by atoms with E-state index in [1.165, 1.54) is 12.1 Å². The molecule has 1 fully saturated rings. The molecule has 0 bridgehead atoms. The van der Waals surface area contributed by atoms with Crippen LogP contribution in [0.4, 0.5) is 8.78 Å². The monoisotopic (exact) mass is 857 g/mol. The van der Waals surface area contributed by atoms with Crippen molar-refractivity contribution < 1.29 is 28.6 Å². The highest BCUT2D eigenvalue weighted by molar-refractivity contribution is 6.32. The molecule has 0 unspecified atom stereocenters. The van der Waals surface area contributed by atoms with E-state index in [1.807, 2.05) is 6.07 Å². The maximum Gasteiger partial charge on any atom is 0.356 e. The number of benzene rings is 4. The average molecular weight is 859 g/mol. The smallest absolute Gasteiger partial charge is 0.356 e. The maximum absolute atomic E-state index is 16.4. The molecule has 0 atom stereocenters. The highest BCUT2D eigenvalue weighted by Crippen LogP contribution is 2.38. The summed E-state index contributed by atoms with van der Waals surface area (Å²) in [5.41, 5.74) is 5.15. The standard InChI is InChI=1S/C44H31Cl2F2N9O4/c1-54-18-23(15-51-54)42-41(44(60)61)53-37-17-50-39(30-14-26(46)8-11-34(30)57(37)42)28-9-6-22(12-32(28)48)24-19-55(20-24)21-35-40(43(58)59)52-36-16-49-38(27-4-2-3-5-31(27)47)29-13-25(45)7-10-33(29)56(35)36/h2-15,18,24H,16-17,19-21H2,1H3,(H,58,59)(H,60,61). The number of aromatic carboxylic acids is 2. The summed E-state index contributed by atoms with van der Waals surface area (Å²) in [5.74, 6) is -2.68. The summed E-state index contributed by atoms with van der Waals surface area (Å²) in [4.78, 5) is 45.5. The zero-order chi connectivity index (χ0) is 42.3. The zero-order valence-corrected chi connectivity index (χ0v) is 33.5. The number of hydrogen-bond donors (Lipinski definition) is 2. The molecule has 17 heteroatoms. The second-order valence-electron chi connectivity index (χ2n) is 15.0. The van der Waals surface area contributed by atoms with Gasteiger partial charge in [0.15, 0.2) is 11.4 Å². The Morgan fingerprint density at radius 2 is 1.34 bits per heavy atom. The lowest BCUT2D eigenvalue weighted by Crippen LogP contribution is -2.44. The van der Waals surface area contributed by atoms with Gasteiger partial charge < -0.3 is 10.2 Å². The van der Waals surface area contributed by atoms with Gasteiger partial charge in [0.1, 0.15) is 23.3 Å². The van der Waals surface area contributed by atoms with Crippen LogP contribution in [0.1, 0.15) is 72.1 Å². The van der Waals surface area contributed by atoms with Gasteiger partial charge in [-0.25, -0.2) is 28.3 Å². The number of rotatable bonds is 8. The number of carbonyl (C=O) groups is 2. The number of likely N-dealkylation sites (tertiary alicyclic amines) is 1. The SMILES string of the molecule is Cn1cc(-c2c(C(=O)O)nc3n2-c2ccc(Cl)cc2C(c2ccc(C4CN(Cc5c(C(=O)O)nc6n5-c5ccc(Cl)cc5C(c5ccccc5F)=NC6)C4)cc2F)=NC3)cn1. The number of hydrogen-bond acceptors (Lipinski definition) is 8. The van der Waals surface area contributed by atoms with E-state index in [0.717, 1.165) is 5.56 Å². The Hall–Kier alpha value is -6.81. The van der Waals surface area contributed by atoms with Crippen LogP contribution in [-0.2, 0) is 26.7 Å². The quantitative estimate of drug-likeness (QED) is 0.157. The molecule has 2 N–H and O–H groups in total. The Kier molecular flexibility index (Phi) is 9.27. The molecule has 0 saturated carbocycles. The second kappa shape index (κ2) is 14.7. The molecule has 10 rings (SSSR count). The number of nitrogens with zero attached hydrogens (tertiary/aromatic N) is 9. The Labute approximate surface area is 355 Å². The highest BCUT2D eigenvalue weighted by atomic mass is 35.5. The molecule has 304 valence electrons. The summed E-state index contributed by atoms with van der Waals surface area (Å²) in [6.45, 7) is 1.20. The average Bonchev–Trinajstić information content (AvgIpc) is 3.87. The van der Waals surface area contributed by atoms with Crippen LogP contribution >= 0.6 is 23.2 Å². The van der Waals surface area contributed by atoms with Crippen molar-refractivity contribution in [3.8, 4) is 22.6 Å². The van der Waals surface area contributed by atoms with Crippen LogP contribution in [0.15, 0.2) is 101 Å². The Bertz CT molecular complexity index is 3070. The number of carboxylic acid groups (broad SMARTS) is 2. The number of aromatic nitrogens is 6.